The zero-order valence-electron chi connectivity index (χ0n) is 16.6. The minimum atomic E-state index is -0.0408. The molecule has 0 unspecified atom stereocenters. The molecule has 1 amide bonds. The van der Waals surface area contributed by atoms with Gasteiger partial charge in [-0.15, -0.1) is 0 Å². The van der Waals surface area contributed by atoms with Crippen molar-refractivity contribution >= 4 is 5.91 Å². The van der Waals surface area contributed by atoms with Gasteiger partial charge in [0.1, 0.15) is 0 Å². The summed E-state index contributed by atoms with van der Waals surface area (Å²) in [7, 11) is 0. The highest BCUT2D eigenvalue weighted by atomic mass is 16.5. The van der Waals surface area contributed by atoms with Gasteiger partial charge in [-0.1, -0.05) is 55.8 Å². The van der Waals surface area contributed by atoms with Crippen LogP contribution in [0.3, 0.4) is 0 Å². The number of aryl methyl sites for hydroxylation is 1. The minimum Gasteiger partial charge on any atom is -0.379 e. The van der Waals surface area contributed by atoms with Gasteiger partial charge in [-0.05, 0) is 36.1 Å². The van der Waals surface area contributed by atoms with Gasteiger partial charge in [0.15, 0.2) is 0 Å². The summed E-state index contributed by atoms with van der Waals surface area (Å²) in [5, 5.41) is 3.24. The number of carbonyl (C=O) groups excluding carboxylic acids is 1. The number of amides is 1. The predicted octanol–water partition coefficient (Wildman–Crippen LogP) is 3.92. The number of carbonyl (C=O) groups is 1. The molecule has 1 aliphatic rings. The molecular formula is C23H30N2O2. The van der Waals surface area contributed by atoms with E-state index in [-0.39, 0.29) is 11.9 Å². The molecular weight excluding hydrogens is 336 g/mol. The molecule has 4 nitrogen and oxygen atoms in total. The van der Waals surface area contributed by atoms with E-state index in [0.29, 0.717) is 11.5 Å². The second kappa shape index (κ2) is 9.16. The van der Waals surface area contributed by atoms with Gasteiger partial charge in [-0.25, -0.2) is 0 Å². The SMILES string of the molecule is Cc1ccc([C@@H](CN2CCOCC2)NC(=O)c2ccc(C(C)C)cc2)cc1. The van der Waals surface area contributed by atoms with Crippen molar-refractivity contribution < 1.29 is 9.53 Å². The highest BCUT2D eigenvalue weighted by molar-refractivity contribution is 5.94. The van der Waals surface area contributed by atoms with E-state index in [0.717, 1.165) is 38.4 Å². The van der Waals surface area contributed by atoms with Crippen molar-refractivity contribution in [3.05, 3.63) is 70.8 Å². The Hall–Kier alpha value is -2.17. The van der Waals surface area contributed by atoms with Crippen molar-refractivity contribution in [2.45, 2.75) is 32.7 Å². The fraction of sp³-hybridized carbons (Fsp3) is 0.435. The number of benzene rings is 2. The Labute approximate surface area is 162 Å². The molecule has 2 aromatic rings. The zero-order chi connectivity index (χ0) is 19.2. The summed E-state index contributed by atoms with van der Waals surface area (Å²) in [6, 6.07) is 16.3. The van der Waals surface area contributed by atoms with Crippen LogP contribution in [0.4, 0.5) is 0 Å². The number of ether oxygens (including phenoxy) is 1. The fourth-order valence-corrected chi connectivity index (χ4v) is 3.34. The van der Waals surface area contributed by atoms with Crippen molar-refractivity contribution in [1.82, 2.24) is 10.2 Å². The molecule has 3 rings (SSSR count). The molecule has 1 fully saturated rings. The number of nitrogens with zero attached hydrogens (tertiary/aromatic N) is 1. The monoisotopic (exact) mass is 366 g/mol. The molecule has 0 aromatic heterocycles. The van der Waals surface area contributed by atoms with Crippen LogP contribution in [0.5, 0.6) is 0 Å². The second-order valence-corrected chi connectivity index (χ2v) is 7.63. The molecule has 0 spiro atoms. The Kier molecular flexibility index (Phi) is 6.64. The molecule has 1 N–H and O–H groups in total. The van der Waals surface area contributed by atoms with Crippen LogP contribution in [0, 0.1) is 6.92 Å². The first-order valence-corrected chi connectivity index (χ1v) is 9.80. The van der Waals surface area contributed by atoms with Crippen molar-refractivity contribution in [3.8, 4) is 0 Å². The lowest BCUT2D eigenvalue weighted by Gasteiger charge is -2.31. The summed E-state index contributed by atoms with van der Waals surface area (Å²) in [6.07, 6.45) is 0. The fourth-order valence-electron chi connectivity index (χ4n) is 3.34. The van der Waals surface area contributed by atoms with Crippen LogP contribution >= 0.6 is 0 Å². The third kappa shape index (κ3) is 5.41. The maximum Gasteiger partial charge on any atom is 0.251 e. The Morgan fingerprint density at radius 1 is 1.00 bits per heavy atom. The van der Waals surface area contributed by atoms with Crippen LogP contribution in [-0.4, -0.2) is 43.7 Å². The van der Waals surface area contributed by atoms with Crippen molar-refractivity contribution in [2.24, 2.45) is 0 Å². The number of hydrogen-bond acceptors (Lipinski definition) is 3. The smallest absolute Gasteiger partial charge is 0.251 e. The van der Waals surface area contributed by atoms with E-state index in [1.807, 2.05) is 24.3 Å². The van der Waals surface area contributed by atoms with Crippen molar-refractivity contribution in [1.29, 1.82) is 0 Å². The normalized spacial score (nSPS) is 16.3. The molecule has 0 aliphatic carbocycles. The second-order valence-electron chi connectivity index (χ2n) is 7.63. The van der Waals surface area contributed by atoms with E-state index in [2.05, 4.69) is 55.3 Å². The van der Waals surface area contributed by atoms with Crippen molar-refractivity contribution in [3.63, 3.8) is 0 Å². The molecule has 0 radical (unpaired) electrons. The first-order valence-electron chi connectivity index (χ1n) is 9.80. The topological polar surface area (TPSA) is 41.6 Å². The van der Waals surface area contributed by atoms with Gasteiger partial charge >= 0.3 is 0 Å². The van der Waals surface area contributed by atoms with Gasteiger partial charge in [-0.3, -0.25) is 9.69 Å². The summed E-state index contributed by atoms with van der Waals surface area (Å²) < 4.78 is 5.45. The summed E-state index contributed by atoms with van der Waals surface area (Å²) in [5.41, 5.74) is 4.31. The summed E-state index contributed by atoms with van der Waals surface area (Å²) in [4.78, 5) is 15.2. The van der Waals surface area contributed by atoms with Gasteiger partial charge in [0.25, 0.3) is 5.91 Å². The lowest BCUT2D eigenvalue weighted by Crippen LogP contribution is -2.43. The Morgan fingerprint density at radius 3 is 2.19 bits per heavy atom. The molecule has 27 heavy (non-hydrogen) atoms. The Bertz CT molecular complexity index is 732. The molecule has 0 bridgehead atoms. The molecule has 2 aromatic carbocycles. The van der Waals surface area contributed by atoms with E-state index in [9.17, 15) is 4.79 Å². The highest BCUT2D eigenvalue weighted by Gasteiger charge is 2.21. The molecule has 1 atom stereocenters. The molecule has 1 heterocycles. The van der Waals surface area contributed by atoms with E-state index >= 15 is 0 Å². The standard InChI is InChI=1S/C23H30N2O2/c1-17(2)19-8-10-21(11-9-19)23(26)24-22(16-25-12-14-27-15-13-25)20-6-4-18(3)5-7-20/h4-11,17,22H,12-16H2,1-3H3,(H,24,26)/t22-/m1/s1. The highest BCUT2D eigenvalue weighted by Crippen LogP contribution is 2.19. The number of hydrogen-bond donors (Lipinski definition) is 1. The summed E-state index contributed by atoms with van der Waals surface area (Å²) in [5.74, 6) is 0.438. The van der Waals surface area contributed by atoms with Gasteiger partial charge in [0.05, 0.1) is 19.3 Å². The van der Waals surface area contributed by atoms with Crippen LogP contribution in [0.1, 0.15) is 52.9 Å². The Morgan fingerprint density at radius 2 is 1.59 bits per heavy atom. The van der Waals surface area contributed by atoms with Gasteiger partial charge in [-0.2, -0.15) is 0 Å². The van der Waals surface area contributed by atoms with Crippen LogP contribution in [0.15, 0.2) is 48.5 Å². The van der Waals surface area contributed by atoms with Crippen LogP contribution in [-0.2, 0) is 4.74 Å². The lowest BCUT2D eigenvalue weighted by atomic mass is 10.0. The van der Waals surface area contributed by atoms with E-state index in [1.165, 1.54) is 11.1 Å². The first kappa shape index (κ1) is 19.6. The maximum atomic E-state index is 12.9. The lowest BCUT2D eigenvalue weighted by molar-refractivity contribution is 0.0332. The molecule has 1 aliphatic heterocycles. The van der Waals surface area contributed by atoms with E-state index < -0.39 is 0 Å². The van der Waals surface area contributed by atoms with Crippen LogP contribution in [0.2, 0.25) is 0 Å². The zero-order valence-corrected chi connectivity index (χ0v) is 16.6. The van der Waals surface area contributed by atoms with Crippen molar-refractivity contribution in [2.75, 3.05) is 32.8 Å². The molecule has 0 saturated carbocycles. The number of rotatable bonds is 6. The quantitative estimate of drug-likeness (QED) is 0.842. The summed E-state index contributed by atoms with van der Waals surface area (Å²) in [6.45, 7) is 10.5. The third-order valence-electron chi connectivity index (χ3n) is 5.17. The number of nitrogens with one attached hydrogen (secondary N) is 1. The third-order valence-corrected chi connectivity index (χ3v) is 5.17. The van der Waals surface area contributed by atoms with Crippen LogP contribution < -0.4 is 5.32 Å². The van der Waals surface area contributed by atoms with Gasteiger partial charge in [0.2, 0.25) is 0 Å². The predicted molar refractivity (Wildman–Crippen MR) is 109 cm³/mol. The van der Waals surface area contributed by atoms with Gasteiger partial charge in [0, 0.05) is 25.2 Å². The minimum absolute atomic E-state index is 0.0239. The molecule has 4 heteroatoms. The van der Waals surface area contributed by atoms with Gasteiger partial charge < -0.3 is 10.1 Å². The van der Waals surface area contributed by atoms with E-state index in [1.54, 1.807) is 0 Å². The van der Waals surface area contributed by atoms with E-state index in [4.69, 9.17) is 4.74 Å². The average molecular weight is 367 g/mol. The average Bonchev–Trinajstić information content (AvgIpc) is 2.69. The molecule has 1 saturated heterocycles. The maximum absolute atomic E-state index is 12.9. The summed E-state index contributed by atoms with van der Waals surface area (Å²) >= 11 is 0. The van der Waals surface area contributed by atoms with Crippen LogP contribution in [0.25, 0.3) is 0 Å². The number of morpholine rings is 1. The molecule has 144 valence electrons. The Balaban J connectivity index is 1.74. The first-order chi connectivity index (χ1) is 13.0. The largest absolute Gasteiger partial charge is 0.379 e.